The average Bonchev–Trinajstić information content (AvgIpc) is 2.38. The van der Waals surface area contributed by atoms with Crippen molar-refractivity contribution in [2.24, 2.45) is 5.92 Å². The average molecular weight is 298 g/mol. The predicted molar refractivity (Wildman–Crippen MR) is 78.7 cm³/mol. The molecule has 0 aliphatic carbocycles. The third-order valence-corrected chi connectivity index (χ3v) is 5.02. The molecule has 1 rings (SSSR count). The van der Waals surface area contributed by atoms with Crippen LogP contribution in [-0.2, 0) is 0 Å². The molecule has 2 heteroatoms. The molecule has 1 nitrogen and oxygen atoms in total. The maximum absolute atomic E-state index is 4.09. The minimum Gasteiger partial charge on any atom is -0.265 e. The molecule has 0 amide bonds. The second kappa shape index (κ2) is 7.86. The largest absolute Gasteiger partial charge is 0.265 e. The summed E-state index contributed by atoms with van der Waals surface area (Å²) in [6, 6.07) is 4.27. The van der Waals surface area contributed by atoms with E-state index in [0.717, 1.165) is 5.92 Å². The highest BCUT2D eigenvalue weighted by molar-refractivity contribution is 9.09. The lowest BCUT2D eigenvalue weighted by molar-refractivity contribution is 0.402. The number of aromatic nitrogens is 1. The summed E-state index contributed by atoms with van der Waals surface area (Å²) in [6.45, 7) is 6.87. The molecule has 0 bridgehead atoms. The Balaban J connectivity index is 2.69. The smallest absolute Gasteiger partial charge is 0.0270 e. The Morgan fingerprint density at radius 2 is 1.65 bits per heavy atom. The fourth-order valence-electron chi connectivity index (χ4n) is 2.46. The molecule has 2 unspecified atom stereocenters. The minimum absolute atomic E-state index is 0.557. The number of hydrogen-bond acceptors (Lipinski definition) is 1. The van der Waals surface area contributed by atoms with Crippen molar-refractivity contribution in [1.29, 1.82) is 0 Å². The Bertz CT molecular complexity index is 293. The van der Waals surface area contributed by atoms with Crippen LogP contribution in [0.25, 0.3) is 0 Å². The van der Waals surface area contributed by atoms with Crippen LogP contribution in [0.1, 0.15) is 57.9 Å². The number of nitrogens with zero attached hydrogens (tertiary/aromatic N) is 1. The van der Waals surface area contributed by atoms with Crippen LogP contribution in [0, 0.1) is 5.92 Å². The second-order valence-corrected chi connectivity index (χ2v) is 5.91. The van der Waals surface area contributed by atoms with E-state index in [2.05, 4.69) is 53.8 Å². The summed E-state index contributed by atoms with van der Waals surface area (Å²) >= 11 is 3.93. The summed E-state index contributed by atoms with van der Waals surface area (Å²) in [5.41, 5.74) is 1.39. The monoisotopic (exact) mass is 297 g/mol. The van der Waals surface area contributed by atoms with Gasteiger partial charge >= 0.3 is 0 Å². The molecule has 2 atom stereocenters. The summed E-state index contributed by atoms with van der Waals surface area (Å²) < 4.78 is 0. The molecule has 1 aromatic heterocycles. The summed E-state index contributed by atoms with van der Waals surface area (Å²) in [6.07, 6.45) is 8.96. The van der Waals surface area contributed by atoms with Crippen molar-refractivity contribution in [3.63, 3.8) is 0 Å². The third kappa shape index (κ3) is 4.42. The summed E-state index contributed by atoms with van der Waals surface area (Å²) in [4.78, 5) is 4.66. The number of alkyl halides is 1. The molecular formula is C15H24BrN. The van der Waals surface area contributed by atoms with Gasteiger partial charge in [0.25, 0.3) is 0 Å². The van der Waals surface area contributed by atoms with Crippen LogP contribution in [-0.4, -0.2) is 9.81 Å². The van der Waals surface area contributed by atoms with Crippen LogP contribution < -0.4 is 0 Å². The van der Waals surface area contributed by atoms with Crippen molar-refractivity contribution in [2.45, 2.75) is 57.2 Å². The van der Waals surface area contributed by atoms with Crippen LogP contribution in [0.3, 0.4) is 0 Å². The van der Waals surface area contributed by atoms with Crippen molar-refractivity contribution in [3.8, 4) is 0 Å². The van der Waals surface area contributed by atoms with Gasteiger partial charge in [0.15, 0.2) is 0 Å². The van der Waals surface area contributed by atoms with E-state index >= 15 is 0 Å². The molecule has 96 valence electrons. The maximum atomic E-state index is 4.09. The maximum Gasteiger partial charge on any atom is 0.0270 e. The van der Waals surface area contributed by atoms with Gasteiger partial charge < -0.3 is 0 Å². The zero-order valence-corrected chi connectivity index (χ0v) is 12.8. The highest BCUT2D eigenvalue weighted by Gasteiger charge is 2.24. The van der Waals surface area contributed by atoms with Crippen molar-refractivity contribution in [3.05, 3.63) is 30.1 Å². The van der Waals surface area contributed by atoms with Crippen LogP contribution in [0.4, 0.5) is 0 Å². The molecular weight excluding hydrogens is 274 g/mol. The van der Waals surface area contributed by atoms with Crippen LogP contribution in [0.15, 0.2) is 24.5 Å². The first-order chi connectivity index (χ1) is 8.20. The van der Waals surface area contributed by atoms with E-state index in [1.807, 2.05) is 12.4 Å². The van der Waals surface area contributed by atoms with Crippen molar-refractivity contribution >= 4 is 15.9 Å². The van der Waals surface area contributed by atoms with E-state index in [1.54, 1.807) is 0 Å². The molecule has 0 aliphatic rings. The fourth-order valence-corrected chi connectivity index (χ4v) is 3.30. The number of hydrogen-bond donors (Lipinski definition) is 0. The Kier molecular flexibility index (Phi) is 6.79. The lowest BCUT2D eigenvalue weighted by Crippen LogP contribution is -2.20. The lowest BCUT2D eigenvalue weighted by Gasteiger charge is -2.27. The Labute approximate surface area is 114 Å². The Hall–Kier alpha value is -0.370. The summed E-state index contributed by atoms with van der Waals surface area (Å²) in [7, 11) is 0. The Morgan fingerprint density at radius 1 is 1.12 bits per heavy atom. The second-order valence-electron chi connectivity index (χ2n) is 4.85. The lowest BCUT2D eigenvalue weighted by atomic mass is 9.85. The van der Waals surface area contributed by atoms with Gasteiger partial charge in [-0.3, -0.25) is 4.98 Å². The van der Waals surface area contributed by atoms with Gasteiger partial charge in [-0.1, -0.05) is 49.5 Å². The van der Waals surface area contributed by atoms with Gasteiger partial charge in [0.2, 0.25) is 0 Å². The van der Waals surface area contributed by atoms with E-state index in [1.165, 1.54) is 31.2 Å². The highest BCUT2D eigenvalue weighted by atomic mass is 79.9. The quantitative estimate of drug-likeness (QED) is 0.633. The molecule has 0 radical (unpaired) electrons. The molecule has 0 saturated carbocycles. The van der Waals surface area contributed by atoms with Crippen molar-refractivity contribution in [2.75, 3.05) is 0 Å². The van der Waals surface area contributed by atoms with Crippen LogP contribution in [0.5, 0.6) is 0 Å². The van der Waals surface area contributed by atoms with Gasteiger partial charge in [-0.2, -0.15) is 0 Å². The van der Waals surface area contributed by atoms with E-state index < -0.39 is 0 Å². The first-order valence-corrected chi connectivity index (χ1v) is 7.66. The van der Waals surface area contributed by atoms with Crippen molar-refractivity contribution < 1.29 is 0 Å². The molecule has 0 aliphatic heterocycles. The zero-order chi connectivity index (χ0) is 12.7. The normalized spacial score (nSPS) is 14.9. The van der Waals surface area contributed by atoms with E-state index in [0.29, 0.717) is 10.7 Å². The highest BCUT2D eigenvalue weighted by Crippen LogP contribution is 2.34. The van der Waals surface area contributed by atoms with Gasteiger partial charge in [0.05, 0.1) is 0 Å². The van der Waals surface area contributed by atoms with Crippen LogP contribution >= 0.6 is 15.9 Å². The van der Waals surface area contributed by atoms with Gasteiger partial charge in [0, 0.05) is 17.2 Å². The number of rotatable bonds is 7. The molecule has 0 aromatic carbocycles. The predicted octanol–water partition coefficient (Wildman–Crippen LogP) is 5.17. The molecule has 0 spiro atoms. The van der Waals surface area contributed by atoms with Gasteiger partial charge in [-0.05, 0) is 42.4 Å². The topological polar surface area (TPSA) is 12.9 Å². The molecule has 0 fully saturated rings. The fraction of sp³-hybridized carbons (Fsp3) is 0.667. The molecule has 0 N–H and O–H groups in total. The first kappa shape index (κ1) is 14.7. The van der Waals surface area contributed by atoms with E-state index in [-0.39, 0.29) is 0 Å². The first-order valence-electron chi connectivity index (χ1n) is 6.74. The molecule has 1 heterocycles. The SMILES string of the molecule is CCCC(CCC)C(Br)C(C)c1ccncc1. The third-order valence-electron chi connectivity index (χ3n) is 3.48. The number of pyridine rings is 1. The van der Waals surface area contributed by atoms with Gasteiger partial charge in [-0.15, -0.1) is 0 Å². The summed E-state index contributed by atoms with van der Waals surface area (Å²) in [5.74, 6) is 1.34. The van der Waals surface area contributed by atoms with Crippen LogP contribution in [0.2, 0.25) is 0 Å². The number of halogens is 1. The van der Waals surface area contributed by atoms with Gasteiger partial charge in [-0.25, -0.2) is 0 Å². The standard InChI is InChI=1S/C15H24BrN/c1-4-6-14(7-5-2)15(16)12(3)13-8-10-17-11-9-13/h8-12,14-15H,4-7H2,1-3H3. The molecule has 1 aromatic rings. The Morgan fingerprint density at radius 3 is 2.12 bits per heavy atom. The van der Waals surface area contributed by atoms with E-state index in [9.17, 15) is 0 Å². The van der Waals surface area contributed by atoms with Crippen molar-refractivity contribution in [1.82, 2.24) is 4.98 Å². The van der Waals surface area contributed by atoms with Gasteiger partial charge in [0.1, 0.15) is 0 Å². The minimum atomic E-state index is 0.557. The molecule has 0 saturated heterocycles. The molecule has 17 heavy (non-hydrogen) atoms. The zero-order valence-electron chi connectivity index (χ0n) is 11.2. The van der Waals surface area contributed by atoms with E-state index in [4.69, 9.17) is 0 Å². The summed E-state index contributed by atoms with van der Waals surface area (Å²) in [5, 5.41) is 0.